The van der Waals surface area contributed by atoms with Crippen molar-refractivity contribution >= 4 is 29.1 Å². The fourth-order valence-corrected chi connectivity index (χ4v) is 4.26. The normalized spacial score (nSPS) is 21.8. The molecule has 0 bridgehead atoms. The van der Waals surface area contributed by atoms with E-state index in [4.69, 9.17) is 9.47 Å². The second-order valence-corrected chi connectivity index (χ2v) is 8.46. The predicted molar refractivity (Wildman–Crippen MR) is 129 cm³/mol. The van der Waals surface area contributed by atoms with Crippen LogP contribution in [0.4, 0.5) is 5.69 Å². The average molecular weight is 437 g/mol. The number of fused-ring (bicyclic) bond motifs is 1. The lowest BCUT2D eigenvalue weighted by Gasteiger charge is -2.31. The highest BCUT2D eigenvalue weighted by Crippen LogP contribution is 2.33. The van der Waals surface area contributed by atoms with Gasteiger partial charge in [0.15, 0.2) is 0 Å². The summed E-state index contributed by atoms with van der Waals surface area (Å²) in [7, 11) is 0. The average Bonchev–Trinajstić information content (AvgIpc) is 2.80. The van der Waals surface area contributed by atoms with Crippen molar-refractivity contribution in [1.82, 2.24) is 15.3 Å². The highest BCUT2D eigenvalue weighted by molar-refractivity contribution is 5.85. The zero-order valence-electron chi connectivity index (χ0n) is 19.0. The molecule has 32 heavy (non-hydrogen) atoms. The van der Waals surface area contributed by atoms with Crippen LogP contribution in [0.2, 0.25) is 0 Å². The number of nitrogens with one attached hydrogen (secondary N) is 1. The third-order valence-corrected chi connectivity index (χ3v) is 5.78. The Morgan fingerprint density at radius 3 is 2.62 bits per heavy atom. The molecular formula is C24H32N6O2. The number of aliphatic imine (C=N–C) groups is 2. The Labute approximate surface area is 189 Å². The zero-order chi connectivity index (χ0) is 22.3. The molecule has 1 N–H and O–H groups in total. The number of anilines is 1. The van der Waals surface area contributed by atoms with Crippen LogP contribution in [0, 0.1) is 0 Å². The second kappa shape index (κ2) is 10.5. The first kappa shape index (κ1) is 22.2. The minimum atomic E-state index is 0.152. The molecule has 0 radical (unpaired) electrons. The molecule has 0 spiro atoms. The molecular weight excluding hydrogens is 404 g/mol. The lowest BCUT2D eigenvalue weighted by atomic mass is 9.93. The predicted octanol–water partition coefficient (Wildman–Crippen LogP) is 3.73. The van der Waals surface area contributed by atoms with Gasteiger partial charge in [-0.15, -0.1) is 0 Å². The van der Waals surface area contributed by atoms with Crippen molar-refractivity contribution in [2.24, 2.45) is 9.98 Å². The van der Waals surface area contributed by atoms with Crippen molar-refractivity contribution in [2.45, 2.75) is 51.7 Å². The molecule has 1 aromatic heterocycles. The van der Waals surface area contributed by atoms with E-state index in [9.17, 15) is 0 Å². The Balaban J connectivity index is 1.44. The summed E-state index contributed by atoms with van der Waals surface area (Å²) in [5, 5.41) is 3.50. The van der Waals surface area contributed by atoms with Crippen LogP contribution in [-0.4, -0.2) is 60.8 Å². The number of hydrogen-bond acceptors (Lipinski definition) is 8. The van der Waals surface area contributed by atoms with Crippen LogP contribution in [0.25, 0.3) is 11.0 Å². The molecule has 2 aliphatic rings. The maximum Gasteiger partial charge on any atom is 0.149 e. The third kappa shape index (κ3) is 5.62. The quantitative estimate of drug-likeness (QED) is 0.666. The number of aromatic nitrogens is 2. The van der Waals surface area contributed by atoms with Gasteiger partial charge in [-0.3, -0.25) is 9.98 Å². The van der Waals surface area contributed by atoms with Gasteiger partial charge in [-0.2, -0.15) is 0 Å². The Morgan fingerprint density at radius 1 is 1.16 bits per heavy atom. The van der Waals surface area contributed by atoms with Crippen LogP contribution < -0.4 is 15.0 Å². The van der Waals surface area contributed by atoms with E-state index in [1.807, 2.05) is 13.8 Å². The highest BCUT2D eigenvalue weighted by Gasteiger charge is 2.24. The Bertz CT molecular complexity index is 987. The smallest absolute Gasteiger partial charge is 0.149 e. The number of benzene rings is 1. The van der Waals surface area contributed by atoms with E-state index in [1.54, 1.807) is 18.6 Å². The van der Waals surface area contributed by atoms with Crippen molar-refractivity contribution in [3.63, 3.8) is 0 Å². The first-order chi connectivity index (χ1) is 15.6. The largest absolute Gasteiger partial charge is 0.488 e. The molecule has 1 aromatic carbocycles. The van der Waals surface area contributed by atoms with E-state index >= 15 is 0 Å². The van der Waals surface area contributed by atoms with Gasteiger partial charge < -0.3 is 19.7 Å². The Morgan fingerprint density at radius 2 is 1.91 bits per heavy atom. The molecule has 8 heteroatoms. The third-order valence-electron chi connectivity index (χ3n) is 5.78. The van der Waals surface area contributed by atoms with Crippen molar-refractivity contribution < 1.29 is 9.47 Å². The number of rotatable bonds is 7. The number of hydrogen-bond donors (Lipinski definition) is 1. The van der Waals surface area contributed by atoms with Crippen molar-refractivity contribution in [2.75, 3.05) is 31.2 Å². The molecule has 0 atom stereocenters. The molecule has 1 saturated heterocycles. The number of nitrogens with zero attached hydrogens (tertiary/aromatic N) is 5. The van der Waals surface area contributed by atoms with E-state index in [-0.39, 0.29) is 6.10 Å². The topological polar surface area (TPSA) is 84.2 Å². The standard InChI is InChI=1S/C24H32N6O2/c1-17(2)28-23(16-25-3)29-18-4-6-20(7-5-18)32-22-15-19(30-10-12-31-13-11-30)14-21-24(22)27-9-8-26-21/h8-9,14-16,18,20,29H,3-7,10-13H2,1-2H3/b23-16+. The van der Waals surface area contributed by atoms with E-state index in [0.29, 0.717) is 6.04 Å². The number of morpholine rings is 1. The van der Waals surface area contributed by atoms with Crippen molar-refractivity contribution in [1.29, 1.82) is 0 Å². The molecule has 0 unspecified atom stereocenters. The van der Waals surface area contributed by atoms with Crippen LogP contribution in [0.15, 0.2) is 46.5 Å². The molecule has 4 rings (SSSR count). The lowest BCUT2D eigenvalue weighted by Crippen LogP contribution is -2.36. The van der Waals surface area contributed by atoms with Gasteiger partial charge in [0.2, 0.25) is 0 Å². The van der Waals surface area contributed by atoms with Gasteiger partial charge in [-0.1, -0.05) is 0 Å². The fraction of sp³-hybridized carbons (Fsp3) is 0.500. The van der Waals surface area contributed by atoms with E-state index in [0.717, 1.165) is 86.0 Å². The maximum absolute atomic E-state index is 6.51. The van der Waals surface area contributed by atoms with Gasteiger partial charge in [0, 0.05) is 49.0 Å². The lowest BCUT2D eigenvalue weighted by molar-refractivity contribution is 0.122. The van der Waals surface area contributed by atoms with Crippen LogP contribution in [0.1, 0.15) is 39.5 Å². The molecule has 1 aliphatic carbocycles. The van der Waals surface area contributed by atoms with Crippen LogP contribution in [-0.2, 0) is 4.74 Å². The summed E-state index contributed by atoms with van der Waals surface area (Å²) in [4.78, 5) is 19.8. The number of ether oxygens (including phenoxy) is 2. The van der Waals surface area contributed by atoms with Gasteiger partial charge >= 0.3 is 0 Å². The molecule has 1 saturated carbocycles. The van der Waals surface area contributed by atoms with Gasteiger partial charge in [0.25, 0.3) is 0 Å². The van der Waals surface area contributed by atoms with Crippen LogP contribution >= 0.6 is 0 Å². The van der Waals surface area contributed by atoms with E-state index < -0.39 is 0 Å². The van der Waals surface area contributed by atoms with Gasteiger partial charge in [0.1, 0.15) is 17.1 Å². The monoisotopic (exact) mass is 436 g/mol. The molecule has 0 amide bonds. The summed E-state index contributed by atoms with van der Waals surface area (Å²) < 4.78 is 12.0. The van der Waals surface area contributed by atoms with Crippen molar-refractivity contribution in [3.05, 3.63) is 36.5 Å². The SMILES string of the molecule is C=N/C=C(\N=C(C)C)NC1CCC(Oc2cc(N3CCOCC3)cc3nccnc23)CC1. The summed E-state index contributed by atoms with van der Waals surface area (Å²) >= 11 is 0. The second-order valence-electron chi connectivity index (χ2n) is 8.46. The summed E-state index contributed by atoms with van der Waals surface area (Å²) in [6.45, 7) is 10.7. The van der Waals surface area contributed by atoms with Gasteiger partial charge in [-0.05, 0) is 52.3 Å². The molecule has 8 nitrogen and oxygen atoms in total. The van der Waals surface area contributed by atoms with Gasteiger partial charge in [0.05, 0.1) is 31.0 Å². The Hall–Kier alpha value is -3.00. The molecule has 2 heterocycles. The summed E-state index contributed by atoms with van der Waals surface area (Å²) in [6, 6.07) is 4.56. The molecule has 170 valence electrons. The summed E-state index contributed by atoms with van der Waals surface area (Å²) in [6.07, 6.45) is 9.22. The van der Waals surface area contributed by atoms with E-state index in [1.165, 1.54) is 0 Å². The van der Waals surface area contributed by atoms with Gasteiger partial charge in [-0.25, -0.2) is 9.98 Å². The zero-order valence-corrected chi connectivity index (χ0v) is 19.0. The minimum Gasteiger partial charge on any atom is -0.488 e. The van der Waals surface area contributed by atoms with Crippen LogP contribution in [0.3, 0.4) is 0 Å². The first-order valence-corrected chi connectivity index (χ1v) is 11.3. The molecule has 2 fully saturated rings. The van der Waals surface area contributed by atoms with E-state index in [2.05, 4.69) is 49.0 Å². The Kier molecular flexibility index (Phi) is 7.32. The fourth-order valence-electron chi connectivity index (χ4n) is 4.26. The summed E-state index contributed by atoms with van der Waals surface area (Å²) in [5.41, 5.74) is 3.78. The van der Waals surface area contributed by atoms with Crippen LogP contribution in [0.5, 0.6) is 5.75 Å². The highest BCUT2D eigenvalue weighted by atomic mass is 16.5. The van der Waals surface area contributed by atoms with Crippen molar-refractivity contribution in [3.8, 4) is 5.75 Å². The molecule has 2 aromatic rings. The maximum atomic E-state index is 6.51. The first-order valence-electron chi connectivity index (χ1n) is 11.3. The summed E-state index contributed by atoms with van der Waals surface area (Å²) in [5.74, 6) is 1.58. The minimum absolute atomic E-state index is 0.152. The molecule has 1 aliphatic heterocycles.